The molecule has 1 aliphatic heterocycles. The van der Waals surface area contributed by atoms with E-state index in [4.69, 9.17) is 28.4 Å². The van der Waals surface area contributed by atoms with Gasteiger partial charge in [0.05, 0.1) is 38.5 Å². The van der Waals surface area contributed by atoms with Crippen molar-refractivity contribution in [2.75, 3.05) is 26.1 Å². The highest BCUT2D eigenvalue weighted by molar-refractivity contribution is 7.51. The van der Waals surface area contributed by atoms with E-state index < -0.39 is 93.2 Å². The van der Waals surface area contributed by atoms with Crippen molar-refractivity contribution >= 4 is 43.2 Å². The number of carbonyl (C=O) groups is 6. The van der Waals surface area contributed by atoms with Crippen LogP contribution in [0.4, 0.5) is 0 Å². The van der Waals surface area contributed by atoms with Gasteiger partial charge >= 0.3 is 25.5 Å². The van der Waals surface area contributed by atoms with Gasteiger partial charge in [-0.15, -0.1) is 0 Å². The van der Waals surface area contributed by atoms with Gasteiger partial charge in [0.15, 0.2) is 6.29 Å². The van der Waals surface area contributed by atoms with Gasteiger partial charge in [0.1, 0.15) is 42.9 Å². The summed E-state index contributed by atoms with van der Waals surface area (Å²) in [5.41, 5.74) is 0. The Labute approximate surface area is 615 Å². The first-order valence-electron chi connectivity index (χ1n) is 42.0. The SMILES string of the molecule is CCCCCCCCCCC[C@H](CC(=O)NCCO[C@@H]1OC(CO)[C@@H](OCP(=O)(O)O)C(NC(=O)C[C@@H](CCCCCCCCCCC)OC(=O)CCCCCCCCC)C1NC(=O)C[C@@H](CCCCCCCCCCC)OC(=O)CCCCCCCCC)OC(=O)CCCCCCCCC. The lowest BCUT2D eigenvalue weighted by Crippen LogP contribution is -2.70. The van der Waals surface area contributed by atoms with Crippen LogP contribution in [0, 0.1) is 0 Å². The minimum Gasteiger partial charge on any atom is -0.462 e. The molecule has 1 heterocycles. The number of hydrogen-bond donors (Lipinski definition) is 6. The summed E-state index contributed by atoms with van der Waals surface area (Å²) in [6.45, 7) is 12.1. The number of hydrogen-bond acceptors (Lipinski definition) is 14. The average Bonchev–Trinajstić information content (AvgIpc) is 0.786. The molecule has 1 saturated heterocycles. The molecule has 3 unspecified atom stereocenters. The molecule has 0 bridgehead atoms. The van der Waals surface area contributed by atoms with Crippen LogP contribution in [0.15, 0.2) is 0 Å². The lowest BCUT2D eigenvalue weighted by Gasteiger charge is -2.46. The predicted octanol–water partition coefficient (Wildman–Crippen LogP) is 19.4. The molecular formula is C81H154N3O16P. The number of unbranched alkanes of at least 4 members (excludes halogenated alkanes) is 42. The summed E-state index contributed by atoms with van der Waals surface area (Å²) < 4.78 is 49.6. The zero-order valence-corrected chi connectivity index (χ0v) is 66.2. The van der Waals surface area contributed by atoms with E-state index in [1.165, 1.54) is 116 Å². The highest BCUT2D eigenvalue weighted by Crippen LogP contribution is 2.37. The second-order valence-corrected chi connectivity index (χ2v) is 31.1. The van der Waals surface area contributed by atoms with Crippen molar-refractivity contribution in [3.8, 4) is 0 Å². The minimum atomic E-state index is -4.90. The quantitative estimate of drug-likeness (QED) is 0.0143. The zero-order chi connectivity index (χ0) is 74.1. The molecule has 0 aliphatic carbocycles. The first kappa shape index (κ1) is 95.8. The van der Waals surface area contributed by atoms with E-state index in [9.17, 15) is 48.2 Å². The third-order valence-corrected chi connectivity index (χ3v) is 20.1. The van der Waals surface area contributed by atoms with Crippen LogP contribution in [0.1, 0.15) is 408 Å². The van der Waals surface area contributed by atoms with Crippen molar-refractivity contribution in [3.05, 3.63) is 0 Å². The standard InChI is InChI=1S/C81H154N3O16P/c1-7-13-19-25-31-34-40-43-49-55-68(97-75(89)58-52-46-37-28-22-16-10-4)63-72(86)82-61-62-95-81-79(84-74(88)65-70(57-51-45-42-36-33-27-21-15-9-3)99-77(91)60-54-48-39-30-24-18-12-6)78(80(71(66-85)100-81)96-67-101(92,93)94)83-73(87)64-69(56-50-44-41-35-32-26-20-14-8-2)98-76(90)59-53-47-38-29-23-17-11-5/h68-71,78-81,85H,7-67H2,1-6H3,(H,82,86)(H,83,87)(H,84,88)(H2,92,93,94)/t68-,69-,70-,71?,78?,79?,80-,81-/m1/s1. The lowest BCUT2D eigenvalue weighted by molar-refractivity contribution is -0.254. The summed E-state index contributed by atoms with van der Waals surface area (Å²) in [5.74, 6) is -2.68. The van der Waals surface area contributed by atoms with Crippen LogP contribution in [0.2, 0.25) is 0 Å². The molecule has 0 saturated carbocycles. The van der Waals surface area contributed by atoms with Crippen LogP contribution in [0.3, 0.4) is 0 Å². The van der Waals surface area contributed by atoms with E-state index in [1.54, 1.807) is 0 Å². The first-order valence-corrected chi connectivity index (χ1v) is 43.8. The molecule has 20 heteroatoms. The van der Waals surface area contributed by atoms with Gasteiger partial charge in [-0.25, -0.2) is 0 Å². The maximum atomic E-state index is 14.8. The number of aliphatic hydroxyl groups is 1. The molecular weight excluding hydrogens is 1300 g/mol. The molecule has 1 fully saturated rings. The largest absolute Gasteiger partial charge is 0.462 e. The third-order valence-electron chi connectivity index (χ3n) is 19.7. The van der Waals surface area contributed by atoms with Crippen molar-refractivity contribution in [1.82, 2.24) is 16.0 Å². The Kier molecular flexibility index (Phi) is 64.0. The van der Waals surface area contributed by atoms with Crippen molar-refractivity contribution in [2.24, 2.45) is 0 Å². The van der Waals surface area contributed by atoms with E-state index in [-0.39, 0.29) is 63.6 Å². The van der Waals surface area contributed by atoms with Gasteiger partial charge in [0, 0.05) is 25.8 Å². The summed E-state index contributed by atoms with van der Waals surface area (Å²) in [6.07, 6.45) is 44.8. The molecule has 594 valence electrons. The van der Waals surface area contributed by atoms with Crippen LogP contribution in [-0.2, 0) is 61.8 Å². The van der Waals surface area contributed by atoms with Crippen molar-refractivity contribution in [3.63, 3.8) is 0 Å². The molecule has 1 rings (SSSR count). The number of esters is 3. The molecule has 0 aromatic rings. The molecule has 0 aromatic carbocycles. The van der Waals surface area contributed by atoms with Crippen LogP contribution in [0.25, 0.3) is 0 Å². The lowest BCUT2D eigenvalue weighted by atomic mass is 9.92. The fourth-order valence-corrected chi connectivity index (χ4v) is 13.9. The summed E-state index contributed by atoms with van der Waals surface area (Å²) in [6, 6.07) is -2.75. The Morgan fingerprint density at radius 1 is 0.376 bits per heavy atom. The average molecular weight is 1460 g/mol. The molecule has 0 spiro atoms. The highest BCUT2D eigenvalue weighted by Gasteiger charge is 2.49. The summed E-state index contributed by atoms with van der Waals surface area (Å²) >= 11 is 0. The Morgan fingerprint density at radius 3 is 0.950 bits per heavy atom. The van der Waals surface area contributed by atoms with Gasteiger partial charge < -0.3 is 59.3 Å². The number of nitrogens with one attached hydrogen (secondary N) is 3. The summed E-state index contributed by atoms with van der Waals surface area (Å²) in [7, 11) is -4.90. The summed E-state index contributed by atoms with van der Waals surface area (Å²) in [5, 5.41) is 19.9. The van der Waals surface area contributed by atoms with Crippen LogP contribution in [0.5, 0.6) is 0 Å². The fourth-order valence-electron chi connectivity index (χ4n) is 13.6. The number of ether oxygens (including phenoxy) is 6. The normalized spacial score (nSPS) is 17.1. The van der Waals surface area contributed by atoms with Crippen molar-refractivity contribution < 1.29 is 76.6 Å². The number of rotatable bonds is 73. The van der Waals surface area contributed by atoms with E-state index in [1.807, 2.05) is 0 Å². The number of amides is 3. The Morgan fingerprint density at radius 2 is 0.653 bits per heavy atom. The summed E-state index contributed by atoms with van der Waals surface area (Å²) in [4.78, 5) is 104. The molecule has 8 atom stereocenters. The monoisotopic (exact) mass is 1460 g/mol. The third kappa shape index (κ3) is 56.8. The van der Waals surface area contributed by atoms with Crippen LogP contribution >= 0.6 is 7.60 Å². The van der Waals surface area contributed by atoms with Crippen molar-refractivity contribution in [2.45, 2.75) is 456 Å². The fraction of sp³-hybridized carbons (Fsp3) is 0.926. The molecule has 0 aromatic heterocycles. The molecule has 0 radical (unpaired) electrons. The minimum absolute atomic E-state index is 0.0595. The van der Waals surface area contributed by atoms with E-state index >= 15 is 0 Å². The topological polar surface area (TPSA) is 272 Å². The molecule has 6 N–H and O–H groups in total. The molecule has 19 nitrogen and oxygen atoms in total. The van der Waals surface area contributed by atoms with Gasteiger partial charge in [-0.2, -0.15) is 0 Å². The van der Waals surface area contributed by atoms with E-state index in [0.29, 0.717) is 44.9 Å². The van der Waals surface area contributed by atoms with Gasteiger partial charge in [-0.05, 0) is 57.8 Å². The second-order valence-electron chi connectivity index (χ2n) is 29.5. The Balaban J connectivity index is 3.73. The molecule has 1 aliphatic rings. The predicted molar refractivity (Wildman–Crippen MR) is 407 cm³/mol. The highest BCUT2D eigenvalue weighted by atomic mass is 31.2. The van der Waals surface area contributed by atoms with Crippen molar-refractivity contribution in [1.29, 1.82) is 0 Å². The Bertz CT molecular complexity index is 2050. The van der Waals surface area contributed by atoms with Crippen LogP contribution < -0.4 is 16.0 Å². The second kappa shape index (κ2) is 67.4. The number of aliphatic hydroxyl groups excluding tert-OH is 1. The molecule has 101 heavy (non-hydrogen) atoms. The van der Waals surface area contributed by atoms with Gasteiger partial charge in [0.2, 0.25) is 17.7 Å². The first-order chi connectivity index (χ1) is 49.0. The van der Waals surface area contributed by atoms with E-state index in [2.05, 4.69) is 57.5 Å². The maximum Gasteiger partial charge on any atom is 0.350 e. The zero-order valence-electron chi connectivity index (χ0n) is 65.3. The van der Waals surface area contributed by atoms with Gasteiger partial charge in [-0.1, -0.05) is 311 Å². The Hall–Kier alpha value is -3.19. The number of carbonyl (C=O) groups excluding carboxylic acids is 6. The van der Waals surface area contributed by atoms with E-state index in [0.717, 1.165) is 167 Å². The van der Waals surface area contributed by atoms with Gasteiger partial charge in [-0.3, -0.25) is 33.3 Å². The van der Waals surface area contributed by atoms with Gasteiger partial charge in [0.25, 0.3) is 0 Å². The van der Waals surface area contributed by atoms with Crippen LogP contribution in [-0.4, -0.2) is 126 Å². The molecule has 3 amide bonds. The maximum absolute atomic E-state index is 14.8. The smallest absolute Gasteiger partial charge is 0.350 e.